The number of aliphatic carboxylic acids is 2. The predicted molar refractivity (Wildman–Crippen MR) is 146 cm³/mol. The number of hydrogen-bond donors (Lipinski definition) is 5. The molecule has 1 saturated heterocycles. The van der Waals surface area contributed by atoms with Crippen molar-refractivity contribution in [3.63, 3.8) is 0 Å². The van der Waals surface area contributed by atoms with Crippen molar-refractivity contribution in [3.05, 3.63) is 23.6 Å². The van der Waals surface area contributed by atoms with Crippen LogP contribution in [0.1, 0.15) is 26.7 Å². The molecular weight excluding hydrogens is 526 g/mol. The van der Waals surface area contributed by atoms with Crippen LogP contribution in [0.3, 0.4) is 0 Å². The van der Waals surface area contributed by atoms with Gasteiger partial charge in [0, 0.05) is 77.7 Å². The summed E-state index contributed by atoms with van der Waals surface area (Å²) < 4.78 is 5.91. The number of unbranched alkanes of at least 4 members (excludes halogenated alkanes) is 1. The van der Waals surface area contributed by atoms with Crippen molar-refractivity contribution in [1.29, 1.82) is 0 Å². The number of carbonyl (C=O) groups excluding carboxylic acids is 3. The molecule has 0 spiro atoms. The van der Waals surface area contributed by atoms with E-state index in [1.807, 2.05) is 6.92 Å². The zero-order valence-corrected chi connectivity index (χ0v) is 23.6. The first-order valence-corrected chi connectivity index (χ1v) is 13.7. The summed E-state index contributed by atoms with van der Waals surface area (Å²) in [5, 5.41) is 38.7. The van der Waals surface area contributed by atoms with Gasteiger partial charge >= 0.3 is 0 Å². The van der Waals surface area contributed by atoms with E-state index in [0.29, 0.717) is 56.7 Å². The molecule has 0 aromatic carbocycles. The molecule has 13 nitrogen and oxygen atoms in total. The maximum absolute atomic E-state index is 12.4. The summed E-state index contributed by atoms with van der Waals surface area (Å²) in [6.45, 7) is 7.32. The molecule has 0 radical (unpaired) electrons. The van der Waals surface area contributed by atoms with Crippen LogP contribution in [-0.2, 0) is 19.1 Å². The monoisotopic (exact) mass is 567 g/mol. The summed E-state index contributed by atoms with van der Waals surface area (Å²) >= 11 is 5.19. The van der Waals surface area contributed by atoms with Gasteiger partial charge in [0.05, 0.1) is 11.9 Å². The van der Waals surface area contributed by atoms with Crippen LogP contribution in [0.4, 0.5) is 0 Å². The van der Waals surface area contributed by atoms with Gasteiger partial charge in [-0.3, -0.25) is 14.6 Å². The third-order valence-electron chi connectivity index (χ3n) is 6.17. The van der Waals surface area contributed by atoms with Crippen LogP contribution in [0.2, 0.25) is 0 Å². The molecule has 5 N–H and O–H groups in total. The van der Waals surface area contributed by atoms with Crippen LogP contribution < -0.4 is 36.8 Å². The SMILES string of the molecule is CCCCNC(=S)NCCNC(=O)COC1=CC=C2CN(CC(=O)[O-])CCNCCN(CC(=O)[O-])CC1(C)N2. The Labute approximate surface area is 235 Å². The molecule has 0 aliphatic carbocycles. The predicted octanol–water partition coefficient (Wildman–Crippen LogP) is -3.78. The number of fused-ring (bicyclic) bond motifs is 2. The molecule has 2 heterocycles. The highest BCUT2D eigenvalue weighted by Gasteiger charge is 2.36. The van der Waals surface area contributed by atoms with Crippen molar-refractivity contribution in [3.8, 4) is 0 Å². The summed E-state index contributed by atoms with van der Waals surface area (Å²) in [6.07, 6.45) is 5.60. The molecule has 14 heteroatoms. The third-order valence-corrected chi connectivity index (χ3v) is 6.46. The lowest BCUT2D eigenvalue weighted by molar-refractivity contribution is -0.307. The fourth-order valence-corrected chi connectivity index (χ4v) is 4.53. The number of carboxylic acid groups (broad SMARTS) is 2. The average molecular weight is 568 g/mol. The highest BCUT2D eigenvalue weighted by atomic mass is 32.1. The Bertz CT molecular complexity index is 915. The van der Waals surface area contributed by atoms with Crippen molar-refractivity contribution < 1.29 is 29.3 Å². The summed E-state index contributed by atoms with van der Waals surface area (Å²) in [7, 11) is 0. The molecule has 39 heavy (non-hydrogen) atoms. The average Bonchev–Trinajstić information content (AvgIpc) is 2.84. The minimum Gasteiger partial charge on any atom is -0.549 e. The van der Waals surface area contributed by atoms with E-state index in [2.05, 4.69) is 33.5 Å². The van der Waals surface area contributed by atoms with E-state index in [1.165, 1.54) is 0 Å². The zero-order chi connectivity index (χ0) is 28.7. The van der Waals surface area contributed by atoms with Crippen LogP contribution in [0.15, 0.2) is 23.6 Å². The van der Waals surface area contributed by atoms with Gasteiger partial charge in [-0.2, -0.15) is 0 Å². The second-order valence-electron chi connectivity index (χ2n) is 9.77. The van der Waals surface area contributed by atoms with E-state index < -0.39 is 17.5 Å². The summed E-state index contributed by atoms with van der Waals surface area (Å²) in [4.78, 5) is 38.6. The normalized spacial score (nSPS) is 20.7. The number of ether oxygens (including phenoxy) is 1. The molecule has 1 fully saturated rings. The van der Waals surface area contributed by atoms with Gasteiger partial charge in [-0.25, -0.2) is 0 Å². The molecule has 1 amide bonds. The van der Waals surface area contributed by atoms with Crippen LogP contribution in [0, 0.1) is 0 Å². The van der Waals surface area contributed by atoms with E-state index >= 15 is 0 Å². The largest absolute Gasteiger partial charge is 0.549 e. The van der Waals surface area contributed by atoms with Crippen LogP contribution in [-0.4, -0.2) is 117 Å². The van der Waals surface area contributed by atoms with Gasteiger partial charge in [0.15, 0.2) is 11.7 Å². The molecular formula is C25H41N7O6S-2. The highest BCUT2D eigenvalue weighted by Crippen LogP contribution is 2.25. The van der Waals surface area contributed by atoms with E-state index in [1.54, 1.807) is 22.0 Å². The number of rotatable bonds is 13. The molecule has 2 aliphatic rings. The van der Waals surface area contributed by atoms with Gasteiger partial charge in [0.1, 0.15) is 11.3 Å². The quantitative estimate of drug-likeness (QED) is 0.108. The highest BCUT2D eigenvalue weighted by molar-refractivity contribution is 7.80. The van der Waals surface area contributed by atoms with Crippen molar-refractivity contribution in [2.75, 3.05) is 78.6 Å². The molecule has 1 atom stereocenters. The lowest BCUT2D eigenvalue weighted by Crippen LogP contribution is -2.58. The van der Waals surface area contributed by atoms with Crippen LogP contribution in [0.5, 0.6) is 0 Å². The number of amides is 1. The minimum atomic E-state index is -1.20. The molecule has 2 bridgehead atoms. The number of thiocarbonyl (C=S) groups is 1. The summed E-state index contributed by atoms with van der Waals surface area (Å²) in [6, 6.07) is 0. The van der Waals surface area contributed by atoms with Crippen molar-refractivity contribution >= 4 is 35.2 Å². The molecule has 0 saturated carbocycles. The van der Waals surface area contributed by atoms with E-state index in [9.17, 15) is 24.6 Å². The van der Waals surface area contributed by atoms with Gasteiger partial charge in [-0.1, -0.05) is 13.3 Å². The van der Waals surface area contributed by atoms with Crippen LogP contribution in [0.25, 0.3) is 0 Å². The number of hydrogen-bond acceptors (Lipinski definition) is 11. The number of nitrogens with zero attached hydrogens (tertiary/aromatic N) is 2. The van der Waals surface area contributed by atoms with Gasteiger partial charge in [-0.15, -0.1) is 0 Å². The topological polar surface area (TPSA) is 173 Å². The third kappa shape index (κ3) is 12.6. The standard InChI is InChI=1S/C25H43N7O6S/c1-3-4-7-28-24(39)29-9-8-27-21(33)17-38-20-6-5-19-14-31(15-22(34)35)12-10-26-11-13-32(16-23(36)37)18-25(20,2)30-19/h5-6,26,30H,3-4,7-18H2,1-2H3,(H,27,33)(H,34,35)(H,36,37)(H2,28,29,39)/p-2. The lowest BCUT2D eigenvalue weighted by atomic mass is 9.94. The van der Waals surface area contributed by atoms with Crippen molar-refractivity contribution in [1.82, 2.24) is 36.4 Å². The molecule has 220 valence electrons. The summed E-state index contributed by atoms with van der Waals surface area (Å²) in [5.74, 6) is -2.22. The smallest absolute Gasteiger partial charge is 0.257 e. The van der Waals surface area contributed by atoms with Gasteiger partial charge in [0.25, 0.3) is 5.91 Å². The van der Waals surface area contributed by atoms with Crippen LogP contribution >= 0.6 is 12.2 Å². The fourth-order valence-electron chi connectivity index (χ4n) is 4.33. The molecule has 2 aliphatic heterocycles. The van der Waals surface area contributed by atoms with Gasteiger partial charge < -0.3 is 51.1 Å². The number of carboxylic acids is 2. The number of carbonyl (C=O) groups is 3. The molecule has 1 unspecified atom stereocenters. The first kappa shape index (κ1) is 32.3. The van der Waals surface area contributed by atoms with Gasteiger partial charge in [-0.05, 0) is 37.7 Å². The Kier molecular flexibility index (Phi) is 14.0. The number of dihydropyridines is 1. The maximum atomic E-state index is 12.4. The Morgan fingerprint density at radius 1 is 1.03 bits per heavy atom. The Morgan fingerprint density at radius 3 is 2.36 bits per heavy atom. The van der Waals surface area contributed by atoms with Gasteiger partial charge in [0.2, 0.25) is 0 Å². The minimum absolute atomic E-state index is 0.226. The first-order valence-electron chi connectivity index (χ1n) is 13.3. The second-order valence-corrected chi connectivity index (χ2v) is 10.2. The van der Waals surface area contributed by atoms with E-state index in [-0.39, 0.29) is 32.1 Å². The Balaban J connectivity index is 2.02. The first-order chi connectivity index (χ1) is 18.6. The van der Waals surface area contributed by atoms with Crippen molar-refractivity contribution in [2.45, 2.75) is 32.2 Å². The van der Waals surface area contributed by atoms with Crippen molar-refractivity contribution in [2.24, 2.45) is 0 Å². The Morgan fingerprint density at radius 2 is 1.67 bits per heavy atom. The zero-order valence-electron chi connectivity index (χ0n) is 22.8. The number of nitrogens with one attached hydrogen (secondary N) is 5. The Hall–Kier alpha value is -2.94. The molecule has 0 aromatic heterocycles. The molecule has 2 rings (SSSR count). The van der Waals surface area contributed by atoms with E-state index in [4.69, 9.17) is 17.0 Å². The fraction of sp³-hybridized carbons (Fsp3) is 0.680. The number of allylic oxidation sites excluding steroid dienone is 2. The maximum Gasteiger partial charge on any atom is 0.257 e. The summed E-state index contributed by atoms with van der Waals surface area (Å²) in [5.41, 5.74) is -0.150. The second kappa shape index (κ2) is 16.9. The molecule has 0 aromatic rings. The lowest BCUT2D eigenvalue weighted by Gasteiger charge is -2.42. The van der Waals surface area contributed by atoms with E-state index in [0.717, 1.165) is 25.1 Å².